The molecule has 0 aliphatic rings. The van der Waals surface area contributed by atoms with Crippen molar-refractivity contribution in [2.45, 2.75) is 24.0 Å². The molecule has 11 heteroatoms. The lowest BCUT2D eigenvalue weighted by Crippen LogP contribution is -2.22. The number of anilines is 2. The number of thiazole rings is 1. The predicted molar refractivity (Wildman–Crippen MR) is 150 cm³/mol. The molecule has 1 atom stereocenters. The smallest absolute Gasteiger partial charge is 0.270 e. The van der Waals surface area contributed by atoms with Crippen molar-refractivity contribution in [3.63, 3.8) is 0 Å². The fourth-order valence-electron chi connectivity index (χ4n) is 3.43. The van der Waals surface area contributed by atoms with E-state index in [2.05, 4.69) is 15.6 Å². The second-order valence-corrected chi connectivity index (χ2v) is 10.3. The van der Waals surface area contributed by atoms with Gasteiger partial charge in [0.15, 0.2) is 5.13 Å². The largest absolute Gasteiger partial charge is 0.494 e. The van der Waals surface area contributed by atoms with E-state index in [0.29, 0.717) is 17.4 Å². The first kappa shape index (κ1) is 26.8. The Hall–Kier alpha value is -4.22. The number of hydrogen-bond acceptors (Lipinski definition) is 8. The summed E-state index contributed by atoms with van der Waals surface area (Å²) in [7, 11) is 0. The SMILES string of the molecule is CCOc1ccc(-c2csc(NC(=O)C(C)Sc3cccc(NC(=O)c4cccc([N+](=O)[O-])c4)c3)n2)cc1. The van der Waals surface area contributed by atoms with Gasteiger partial charge in [0.05, 0.1) is 22.5 Å². The number of nitrogens with one attached hydrogen (secondary N) is 2. The monoisotopic (exact) mass is 548 g/mol. The number of nitrogens with zero attached hydrogens (tertiary/aromatic N) is 2. The maximum Gasteiger partial charge on any atom is 0.270 e. The Labute approximate surface area is 227 Å². The normalized spacial score (nSPS) is 11.4. The summed E-state index contributed by atoms with van der Waals surface area (Å²) in [5.74, 6) is 0.126. The first-order valence-electron chi connectivity index (χ1n) is 11.6. The Morgan fingerprint density at radius 2 is 1.84 bits per heavy atom. The number of nitro benzene ring substituents is 1. The predicted octanol–water partition coefficient (Wildman–Crippen LogP) is 6.49. The topological polar surface area (TPSA) is 123 Å². The summed E-state index contributed by atoms with van der Waals surface area (Å²) >= 11 is 2.68. The van der Waals surface area contributed by atoms with E-state index < -0.39 is 16.1 Å². The van der Waals surface area contributed by atoms with Crippen LogP contribution in [0.5, 0.6) is 5.75 Å². The standard InChI is InChI=1S/C27H24N4O5S2/c1-3-36-22-12-10-18(11-13-22)24-16-37-27(29-24)30-25(32)17(2)38-23-9-5-7-20(15-23)28-26(33)19-6-4-8-21(14-19)31(34)35/h4-17H,3H2,1-2H3,(H,28,33)(H,29,30,32). The van der Waals surface area contributed by atoms with E-state index in [-0.39, 0.29) is 17.2 Å². The van der Waals surface area contributed by atoms with Gasteiger partial charge in [-0.05, 0) is 62.4 Å². The van der Waals surface area contributed by atoms with Crippen molar-refractivity contribution in [3.8, 4) is 17.0 Å². The third kappa shape index (κ3) is 6.96. The summed E-state index contributed by atoms with van der Waals surface area (Å²) in [5, 5.41) is 18.5. The number of hydrogen-bond donors (Lipinski definition) is 2. The first-order chi connectivity index (χ1) is 18.3. The molecule has 1 heterocycles. The van der Waals surface area contributed by atoms with Crippen molar-refractivity contribution in [1.82, 2.24) is 4.98 Å². The van der Waals surface area contributed by atoms with Crippen LogP contribution in [0.15, 0.2) is 83.1 Å². The minimum Gasteiger partial charge on any atom is -0.494 e. The van der Waals surface area contributed by atoms with Gasteiger partial charge < -0.3 is 15.4 Å². The number of carbonyl (C=O) groups excluding carboxylic acids is 2. The number of carbonyl (C=O) groups is 2. The molecule has 38 heavy (non-hydrogen) atoms. The fraction of sp³-hybridized carbons (Fsp3) is 0.148. The van der Waals surface area contributed by atoms with Crippen LogP contribution in [0.1, 0.15) is 24.2 Å². The van der Waals surface area contributed by atoms with Crippen LogP contribution in [0.4, 0.5) is 16.5 Å². The molecule has 4 rings (SSSR count). The number of aromatic nitrogens is 1. The average Bonchev–Trinajstić information content (AvgIpc) is 3.38. The lowest BCUT2D eigenvalue weighted by Gasteiger charge is -2.12. The van der Waals surface area contributed by atoms with E-state index >= 15 is 0 Å². The highest BCUT2D eigenvalue weighted by molar-refractivity contribution is 8.00. The van der Waals surface area contributed by atoms with Crippen LogP contribution < -0.4 is 15.4 Å². The number of non-ortho nitro benzene ring substituents is 1. The van der Waals surface area contributed by atoms with Gasteiger partial charge in [0, 0.05) is 39.2 Å². The van der Waals surface area contributed by atoms with E-state index in [1.54, 1.807) is 25.1 Å². The van der Waals surface area contributed by atoms with E-state index in [1.165, 1.54) is 47.4 Å². The average molecular weight is 549 g/mol. The van der Waals surface area contributed by atoms with Crippen LogP contribution >= 0.6 is 23.1 Å². The molecule has 0 aliphatic carbocycles. The Balaban J connectivity index is 1.35. The highest BCUT2D eigenvalue weighted by Gasteiger charge is 2.17. The zero-order valence-electron chi connectivity index (χ0n) is 20.5. The zero-order chi connectivity index (χ0) is 27.1. The van der Waals surface area contributed by atoms with Crippen molar-refractivity contribution in [1.29, 1.82) is 0 Å². The molecule has 1 aromatic heterocycles. The van der Waals surface area contributed by atoms with Gasteiger partial charge in [0.1, 0.15) is 5.75 Å². The summed E-state index contributed by atoms with van der Waals surface area (Å²) in [6.07, 6.45) is 0. The second kappa shape index (κ2) is 12.3. The lowest BCUT2D eigenvalue weighted by atomic mass is 10.2. The van der Waals surface area contributed by atoms with E-state index in [0.717, 1.165) is 21.9 Å². The molecule has 1 unspecified atom stereocenters. The Morgan fingerprint density at radius 1 is 1.08 bits per heavy atom. The molecule has 2 N–H and O–H groups in total. The van der Waals surface area contributed by atoms with Gasteiger partial charge in [-0.3, -0.25) is 19.7 Å². The van der Waals surface area contributed by atoms with Crippen LogP contribution in [-0.4, -0.2) is 33.6 Å². The summed E-state index contributed by atoms with van der Waals surface area (Å²) < 4.78 is 5.47. The number of ether oxygens (including phenoxy) is 1. The summed E-state index contributed by atoms with van der Waals surface area (Å²) in [6, 6.07) is 20.2. The van der Waals surface area contributed by atoms with Crippen molar-refractivity contribution >= 4 is 51.4 Å². The van der Waals surface area contributed by atoms with Crippen molar-refractivity contribution in [3.05, 3.63) is 93.9 Å². The van der Waals surface area contributed by atoms with Crippen LogP contribution in [0.3, 0.4) is 0 Å². The number of amides is 2. The third-order valence-corrected chi connectivity index (χ3v) is 7.14. The zero-order valence-corrected chi connectivity index (χ0v) is 22.2. The first-order valence-corrected chi connectivity index (χ1v) is 13.4. The summed E-state index contributed by atoms with van der Waals surface area (Å²) in [5.41, 5.74) is 2.23. The molecule has 0 fully saturated rings. The molecule has 0 bridgehead atoms. The maximum absolute atomic E-state index is 12.8. The summed E-state index contributed by atoms with van der Waals surface area (Å²) in [6.45, 7) is 4.32. The molecule has 0 aliphatic heterocycles. The Bertz CT molecular complexity index is 1460. The Kier molecular flexibility index (Phi) is 8.72. The minimum atomic E-state index is -0.548. The van der Waals surface area contributed by atoms with Gasteiger partial charge in [-0.25, -0.2) is 4.98 Å². The van der Waals surface area contributed by atoms with Crippen LogP contribution in [-0.2, 0) is 4.79 Å². The Morgan fingerprint density at radius 3 is 2.58 bits per heavy atom. The minimum absolute atomic E-state index is 0.159. The van der Waals surface area contributed by atoms with Gasteiger partial charge in [0.25, 0.3) is 11.6 Å². The molecule has 3 aromatic carbocycles. The molecule has 194 valence electrons. The summed E-state index contributed by atoms with van der Waals surface area (Å²) in [4.78, 5) is 41.1. The van der Waals surface area contributed by atoms with E-state index in [4.69, 9.17) is 4.74 Å². The fourth-order valence-corrected chi connectivity index (χ4v) is 5.08. The van der Waals surface area contributed by atoms with E-state index in [9.17, 15) is 19.7 Å². The quantitative estimate of drug-likeness (QED) is 0.132. The van der Waals surface area contributed by atoms with Crippen molar-refractivity contribution in [2.24, 2.45) is 0 Å². The van der Waals surface area contributed by atoms with Gasteiger partial charge in [-0.15, -0.1) is 23.1 Å². The molecule has 4 aromatic rings. The maximum atomic E-state index is 12.8. The highest BCUT2D eigenvalue weighted by Crippen LogP contribution is 2.29. The molecule has 0 saturated carbocycles. The van der Waals surface area contributed by atoms with Gasteiger partial charge >= 0.3 is 0 Å². The number of benzene rings is 3. The number of nitro groups is 1. The molecule has 9 nitrogen and oxygen atoms in total. The molecular weight excluding hydrogens is 524 g/mol. The van der Waals surface area contributed by atoms with Crippen LogP contribution in [0, 0.1) is 10.1 Å². The van der Waals surface area contributed by atoms with Crippen molar-refractivity contribution < 1.29 is 19.2 Å². The van der Waals surface area contributed by atoms with Gasteiger partial charge in [-0.2, -0.15) is 0 Å². The second-order valence-electron chi connectivity index (χ2n) is 8.03. The number of thioether (sulfide) groups is 1. The molecule has 0 radical (unpaired) electrons. The van der Waals surface area contributed by atoms with Gasteiger partial charge in [0.2, 0.25) is 5.91 Å². The van der Waals surface area contributed by atoms with Crippen molar-refractivity contribution in [2.75, 3.05) is 17.2 Å². The highest BCUT2D eigenvalue weighted by atomic mass is 32.2. The molecular formula is C27H24N4O5S2. The molecule has 2 amide bonds. The molecule has 0 saturated heterocycles. The van der Waals surface area contributed by atoms with Crippen LogP contribution in [0.25, 0.3) is 11.3 Å². The molecule has 0 spiro atoms. The van der Waals surface area contributed by atoms with E-state index in [1.807, 2.05) is 42.6 Å². The van der Waals surface area contributed by atoms with Crippen LogP contribution in [0.2, 0.25) is 0 Å². The third-order valence-electron chi connectivity index (χ3n) is 5.29. The number of rotatable bonds is 10. The van der Waals surface area contributed by atoms with Gasteiger partial charge in [-0.1, -0.05) is 12.1 Å². The lowest BCUT2D eigenvalue weighted by molar-refractivity contribution is -0.384.